The van der Waals surface area contributed by atoms with Crippen LogP contribution in [0, 0.1) is 0 Å². The standard InChI is InChI=1S/C11H9F3N2O2S2/c12-11(13,14)8-6-7(15)3-4-9(8)16-20(17,18)10-2-1-5-19-10/h1-6,16H,15H2. The quantitative estimate of drug-likeness (QED) is 0.853. The summed E-state index contributed by atoms with van der Waals surface area (Å²) < 4.78 is 64.3. The number of sulfonamides is 1. The van der Waals surface area contributed by atoms with Crippen molar-refractivity contribution in [1.29, 1.82) is 0 Å². The monoisotopic (exact) mass is 322 g/mol. The highest BCUT2D eigenvalue weighted by Crippen LogP contribution is 2.37. The van der Waals surface area contributed by atoms with Gasteiger partial charge in [0, 0.05) is 5.69 Å². The number of anilines is 2. The fraction of sp³-hybridized carbons (Fsp3) is 0.0909. The van der Waals surface area contributed by atoms with Crippen molar-refractivity contribution in [2.75, 3.05) is 10.5 Å². The zero-order valence-corrected chi connectivity index (χ0v) is 11.4. The van der Waals surface area contributed by atoms with E-state index in [0.717, 1.165) is 17.4 Å². The number of hydrogen-bond donors (Lipinski definition) is 2. The lowest BCUT2D eigenvalue weighted by molar-refractivity contribution is -0.136. The number of nitrogen functional groups attached to an aromatic ring is 1. The Morgan fingerprint density at radius 3 is 2.45 bits per heavy atom. The minimum absolute atomic E-state index is 0.0672. The molecule has 0 aliphatic heterocycles. The molecule has 0 fully saturated rings. The molecule has 0 unspecified atom stereocenters. The van der Waals surface area contributed by atoms with E-state index in [-0.39, 0.29) is 9.90 Å². The van der Waals surface area contributed by atoms with Gasteiger partial charge >= 0.3 is 6.18 Å². The summed E-state index contributed by atoms with van der Waals surface area (Å²) in [5, 5.41) is 1.52. The van der Waals surface area contributed by atoms with Crippen LogP contribution in [0.2, 0.25) is 0 Å². The topological polar surface area (TPSA) is 72.2 Å². The van der Waals surface area contributed by atoms with Crippen LogP contribution in [0.5, 0.6) is 0 Å². The van der Waals surface area contributed by atoms with Gasteiger partial charge in [0.05, 0.1) is 11.3 Å². The molecule has 20 heavy (non-hydrogen) atoms. The summed E-state index contributed by atoms with van der Waals surface area (Å²) in [5.74, 6) is 0. The number of rotatable bonds is 3. The Hall–Kier alpha value is -1.74. The van der Waals surface area contributed by atoms with Crippen LogP contribution in [0.1, 0.15) is 5.56 Å². The maximum Gasteiger partial charge on any atom is 0.418 e. The Bertz CT molecular complexity index is 710. The van der Waals surface area contributed by atoms with Gasteiger partial charge in [-0.1, -0.05) is 6.07 Å². The molecule has 108 valence electrons. The van der Waals surface area contributed by atoms with Crippen molar-refractivity contribution >= 4 is 32.7 Å². The van der Waals surface area contributed by atoms with Crippen LogP contribution in [-0.2, 0) is 16.2 Å². The summed E-state index contributed by atoms with van der Waals surface area (Å²) >= 11 is 0.909. The third kappa shape index (κ3) is 3.05. The summed E-state index contributed by atoms with van der Waals surface area (Å²) in [6.45, 7) is 0. The Morgan fingerprint density at radius 2 is 1.90 bits per heavy atom. The molecule has 1 aromatic heterocycles. The molecule has 0 aliphatic carbocycles. The molecule has 1 heterocycles. The lowest BCUT2D eigenvalue weighted by Crippen LogP contribution is -2.16. The Kier molecular flexibility index (Phi) is 3.65. The molecule has 1 aromatic carbocycles. The van der Waals surface area contributed by atoms with Gasteiger partial charge in [-0.15, -0.1) is 11.3 Å². The van der Waals surface area contributed by atoms with E-state index in [9.17, 15) is 21.6 Å². The average molecular weight is 322 g/mol. The van der Waals surface area contributed by atoms with Gasteiger partial charge in [-0.3, -0.25) is 4.72 Å². The van der Waals surface area contributed by atoms with E-state index in [1.807, 2.05) is 4.72 Å². The van der Waals surface area contributed by atoms with Crippen LogP contribution in [0.15, 0.2) is 39.9 Å². The number of nitrogens with two attached hydrogens (primary N) is 1. The number of thiophene rings is 1. The second-order valence-corrected chi connectivity index (χ2v) is 6.70. The van der Waals surface area contributed by atoms with Crippen molar-refractivity contribution in [2.45, 2.75) is 10.4 Å². The summed E-state index contributed by atoms with van der Waals surface area (Å²) in [5.41, 5.74) is 3.52. The van der Waals surface area contributed by atoms with Crippen molar-refractivity contribution in [1.82, 2.24) is 0 Å². The first kappa shape index (κ1) is 14.7. The van der Waals surface area contributed by atoms with Gasteiger partial charge in [0.2, 0.25) is 0 Å². The highest BCUT2D eigenvalue weighted by atomic mass is 32.2. The van der Waals surface area contributed by atoms with Gasteiger partial charge in [0.25, 0.3) is 10.0 Å². The first-order valence-corrected chi connectivity index (χ1v) is 7.59. The van der Waals surface area contributed by atoms with Crippen molar-refractivity contribution < 1.29 is 21.6 Å². The van der Waals surface area contributed by atoms with E-state index in [1.165, 1.54) is 23.6 Å². The Labute approximate surface area is 117 Å². The molecular weight excluding hydrogens is 313 g/mol. The lowest BCUT2D eigenvalue weighted by atomic mass is 10.1. The second-order valence-electron chi connectivity index (χ2n) is 3.84. The van der Waals surface area contributed by atoms with Crippen molar-refractivity contribution in [3.05, 3.63) is 41.3 Å². The van der Waals surface area contributed by atoms with Gasteiger partial charge in [-0.05, 0) is 29.6 Å². The van der Waals surface area contributed by atoms with Crippen LogP contribution >= 0.6 is 11.3 Å². The molecule has 2 aromatic rings. The third-order valence-electron chi connectivity index (χ3n) is 2.35. The summed E-state index contributed by atoms with van der Waals surface area (Å²) in [4.78, 5) is 0. The zero-order chi connectivity index (χ0) is 15.0. The molecular formula is C11H9F3N2O2S2. The van der Waals surface area contributed by atoms with E-state index in [1.54, 1.807) is 0 Å². The molecule has 4 nitrogen and oxygen atoms in total. The smallest absolute Gasteiger partial charge is 0.399 e. The lowest BCUT2D eigenvalue weighted by Gasteiger charge is -2.14. The molecule has 0 bridgehead atoms. The number of halogens is 3. The fourth-order valence-electron chi connectivity index (χ4n) is 1.50. The largest absolute Gasteiger partial charge is 0.418 e. The molecule has 0 radical (unpaired) electrons. The van der Waals surface area contributed by atoms with E-state index in [4.69, 9.17) is 5.73 Å². The molecule has 0 spiro atoms. The predicted octanol–water partition coefficient (Wildman–Crippen LogP) is 3.15. The number of nitrogens with one attached hydrogen (secondary N) is 1. The average Bonchev–Trinajstić information content (AvgIpc) is 2.84. The number of hydrogen-bond acceptors (Lipinski definition) is 4. The summed E-state index contributed by atoms with van der Waals surface area (Å²) in [6, 6.07) is 5.67. The first-order valence-electron chi connectivity index (χ1n) is 5.23. The van der Waals surface area contributed by atoms with E-state index >= 15 is 0 Å². The normalized spacial score (nSPS) is 12.3. The first-order chi connectivity index (χ1) is 9.20. The minimum Gasteiger partial charge on any atom is -0.399 e. The van der Waals surface area contributed by atoms with Crippen molar-refractivity contribution in [3.63, 3.8) is 0 Å². The molecule has 0 amide bonds. The number of alkyl halides is 3. The predicted molar refractivity (Wildman–Crippen MR) is 71.0 cm³/mol. The van der Waals surface area contributed by atoms with Crippen LogP contribution in [0.4, 0.5) is 24.5 Å². The maximum atomic E-state index is 12.9. The molecule has 0 saturated carbocycles. The fourth-order valence-corrected chi connectivity index (χ4v) is 3.57. The van der Waals surface area contributed by atoms with E-state index in [2.05, 4.69) is 0 Å². The SMILES string of the molecule is Nc1ccc(NS(=O)(=O)c2cccs2)c(C(F)(F)F)c1. The Balaban J connectivity index is 2.45. The summed E-state index contributed by atoms with van der Waals surface area (Å²) in [6.07, 6.45) is -4.71. The van der Waals surface area contributed by atoms with Crippen molar-refractivity contribution in [2.24, 2.45) is 0 Å². The molecule has 9 heteroatoms. The Morgan fingerprint density at radius 1 is 1.20 bits per heavy atom. The van der Waals surface area contributed by atoms with Crippen LogP contribution in [0.3, 0.4) is 0 Å². The van der Waals surface area contributed by atoms with Crippen molar-refractivity contribution in [3.8, 4) is 0 Å². The summed E-state index contributed by atoms with van der Waals surface area (Å²) in [7, 11) is -4.04. The van der Waals surface area contributed by atoms with Gasteiger partial charge in [0.1, 0.15) is 4.21 Å². The van der Waals surface area contributed by atoms with Crippen LogP contribution in [0.25, 0.3) is 0 Å². The zero-order valence-electron chi connectivity index (χ0n) is 9.81. The number of benzene rings is 1. The highest BCUT2D eigenvalue weighted by Gasteiger charge is 2.35. The van der Waals surface area contributed by atoms with Crippen LogP contribution in [-0.4, -0.2) is 8.42 Å². The minimum atomic E-state index is -4.71. The molecule has 0 saturated heterocycles. The molecule has 0 atom stereocenters. The van der Waals surface area contributed by atoms with E-state index in [0.29, 0.717) is 6.07 Å². The van der Waals surface area contributed by atoms with Gasteiger partial charge < -0.3 is 5.73 Å². The third-order valence-corrected chi connectivity index (χ3v) is 5.12. The second kappa shape index (κ2) is 4.98. The molecule has 3 N–H and O–H groups in total. The van der Waals surface area contributed by atoms with Gasteiger partial charge in [-0.25, -0.2) is 8.42 Å². The van der Waals surface area contributed by atoms with Gasteiger partial charge in [0.15, 0.2) is 0 Å². The molecule has 0 aliphatic rings. The molecule has 2 rings (SSSR count). The van der Waals surface area contributed by atoms with Crippen LogP contribution < -0.4 is 10.5 Å². The maximum absolute atomic E-state index is 12.9. The highest BCUT2D eigenvalue weighted by molar-refractivity contribution is 7.94. The van der Waals surface area contributed by atoms with Gasteiger partial charge in [-0.2, -0.15) is 13.2 Å². The van der Waals surface area contributed by atoms with E-state index < -0.39 is 27.5 Å².